The predicted molar refractivity (Wildman–Crippen MR) is 79.2 cm³/mol. The lowest BCUT2D eigenvalue weighted by Gasteiger charge is -2.27. The summed E-state index contributed by atoms with van der Waals surface area (Å²) in [6.45, 7) is 3.49. The topological polar surface area (TPSA) is 38.3 Å². The molecule has 0 bridgehead atoms. The molecule has 0 spiro atoms. The van der Waals surface area contributed by atoms with Gasteiger partial charge in [0.1, 0.15) is 5.82 Å². The quantitative estimate of drug-likeness (QED) is 0.908. The normalized spacial score (nSPS) is 22.6. The molecular formula is C15H19BrFNO2. The molecular weight excluding hydrogens is 325 g/mol. The lowest BCUT2D eigenvalue weighted by atomic mass is 9.93. The number of hydrogen-bond acceptors (Lipinski definition) is 2. The zero-order valence-corrected chi connectivity index (χ0v) is 13.1. The maximum Gasteiger partial charge on any atom is 0.252 e. The summed E-state index contributed by atoms with van der Waals surface area (Å²) < 4.78 is 19.3. The van der Waals surface area contributed by atoms with Crippen LogP contribution in [0.1, 0.15) is 36.5 Å². The first-order valence-electron chi connectivity index (χ1n) is 6.91. The fourth-order valence-electron chi connectivity index (χ4n) is 2.51. The third-order valence-corrected chi connectivity index (χ3v) is 4.30. The van der Waals surface area contributed by atoms with Crippen LogP contribution in [0.5, 0.6) is 0 Å². The Morgan fingerprint density at radius 1 is 1.55 bits per heavy atom. The molecule has 3 nitrogen and oxygen atoms in total. The van der Waals surface area contributed by atoms with Gasteiger partial charge in [0.2, 0.25) is 0 Å². The number of carbonyl (C=O) groups excluding carboxylic acids is 1. The number of ether oxygens (including phenoxy) is 1. The molecule has 0 aliphatic carbocycles. The van der Waals surface area contributed by atoms with E-state index in [0.717, 1.165) is 25.9 Å². The Balaban J connectivity index is 1.81. The van der Waals surface area contributed by atoms with Crippen LogP contribution >= 0.6 is 15.9 Å². The summed E-state index contributed by atoms with van der Waals surface area (Å²) in [5.74, 6) is -0.0527. The second-order valence-corrected chi connectivity index (χ2v) is 6.09. The van der Waals surface area contributed by atoms with Gasteiger partial charge >= 0.3 is 0 Å². The summed E-state index contributed by atoms with van der Waals surface area (Å²) in [5.41, 5.74) is 0.338. The largest absolute Gasteiger partial charge is 0.378 e. The van der Waals surface area contributed by atoms with E-state index < -0.39 is 5.82 Å². The molecule has 20 heavy (non-hydrogen) atoms. The Bertz CT molecular complexity index is 481. The second kappa shape index (κ2) is 7.18. The highest BCUT2D eigenvalue weighted by molar-refractivity contribution is 9.10. The van der Waals surface area contributed by atoms with Crippen molar-refractivity contribution in [2.45, 2.75) is 32.3 Å². The minimum absolute atomic E-state index is 0.239. The van der Waals surface area contributed by atoms with Crippen LogP contribution in [0, 0.1) is 11.7 Å². The molecule has 2 rings (SSSR count). The van der Waals surface area contributed by atoms with Crippen LogP contribution in [0.25, 0.3) is 0 Å². The number of hydrogen-bond donors (Lipinski definition) is 1. The zero-order chi connectivity index (χ0) is 14.5. The monoisotopic (exact) mass is 343 g/mol. The summed E-state index contributed by atoms with van der Waals surface area (Å²) in [6.07, 6.45) is 3.33. The average Bonchev–Trinajstić information content (AvgIpc) is 2.41. The van der Waals surface area contributed by atoms with E-state index in [0.29, 0.717) is 28.6 Å². The molecule has 2 atom stereocenters. The SMILES string of the molecule is C[C@@H]1C[C@H](CCNC(=O)c2cc(F)ccc2Br)CCO1. The molecule has 5 heteroatoms. The molecule has 1 aromatic carbocycles. The zero-order valence-electron chi connectivity index (χ0n) is 11.5. The molecule has 1 heterocycles. The van der Waals surface area contributed by atoms with Crippen LogP contribution in [0.3, 0.4) is 0 Å². The molecule has 0 saturated carbocycles. The first-order valence-corrected chi connectivity index (χ1v) is 7.70. The van der Waals surface area contributed by atoms with Gasteiger partial charge in [-0.1, -0.05) is 0 Å². The lowest BCUT2D eigenvalue weighted by Crippen LogP contribution is -2.29. The third kappa shape index (κ3) is 4.28. The first-order chi connectivity index (χ1) is 9.56. The van der Waals surface area contributed by atoms with Crippen LogP contribution in [0.4, 0.5) is 4.39 Å². The van der Waals surface area contributed by atoms with E-state index in [4.69, 9.17) is 4.74 Å². The summed E-state index contributed by atoms with van der Waals surface area (Å²) in [6, 6.07) is 4.12. The maximum atomic E-state index is 13.1. The van der Waals surface area contributed by atoms with Crippen LogP contribution in [0.15, 0.2) is 22.7 Å². The van der Waals surface area contributed by atoms with Crippen molar-refractivity contribution in [3.05, 3.63) is 34.1 Å². The fraction of sp³-hybridized carbons (Fsp3) is 0.533. The Kier molecular flexibility index (Phi) is 5.54. The van der Waals surface area contributed by atoms with Gasteiger partial charge in [-0.05, 0) is 66.2 Å². The van der Waals surface area contributed by atoms with Crippen LogP contribution < -0.4 is 5.32 Å². The van der Waals surface area contributed by atoms with Crippen molar-refractivity contribution in [3.63, 3.8) is 0 Å². The standard InChI is InChI=1S/C15H19BrFNO2/c1-10-8-11(5-7-20-10)4-6-18-15(19)13-9-12(17)2-3-14(13)16/h2-3,9-11H,4-8H2,1H3,(H,18,19)/t10-,11-/m1/s1. The number of rotatable bonds is 4. The van der Waals surface area contributed by atoms with Gasteiger partial charge in [0.15, 0.2) is 0 Å². The van der Waals surface area contributed by atoms with Gasteiger partial charge in [0, 0.05) is 17.6 Å². The third-order valence-electron chi connectivity index (χ3n) is 3.60. The van der Waals surface area contributed by atoms with Gasteiger partial charge in [0.05, 0.1) is 11.7 Å². The molecule has 1 aliphatic heterocycles. The van der Waals surface area contributed by atoms with E-state index in [9.17, 15) is 9.18 Å². The van der Waals surface area contributed by atoms with Crippen LogP contribution in [0.2, 0.25) is 0 Å². The Morgan fingerprint density at radius 3 is 3.10 bits per heavy atom. The molecule has 0 radical (unpaired) electrons. The van der Waals surface area contributed by atoms with Gasteiger partial charge in [-0.15, -0.1) is 0 Å². The van der Waals surface area contributed by atoms with Crippen molar-refractivity contribution in [1.29, 1.82) is 0 Å². The Labute approximate surface area is 127 Å². The highest BCUT2D eigenvalue weighted by Gasteiger charge is 2.19. The Hall–Kier alpha value is -0.940. The molecule has 1 fully saturated rings. The van der Waals surface area contributed by atoms with E-state index in [1.54, 1.807) is 6.07 Å². The molecule has 110 valence electrons. The van der Waals surface area contributed by atoms with Crippen molar-refractivity contribution in [1.82, 2.24) is 5.32 Å². The first kappa shape index (κ1) is 15.4. The number of amides is 1. The van der Waals surface area contributed by atoms with Gasteiger partial charge < -0.3 is 10.1 Å². The number of carbonyl (C=O) groups is 1. The smallest absolute Gasteiger partial charge is 0.252 e. The van der Waals surface area contributed by atoms with E-state index in [1.807, 2.05) is 0 Å². The van der Waals surface area contributed by atoms with Crippen molar-refractivity contribution < 1.29 is 13.9 Å². The molecule has 1 N–H and O–H groups in total. The molecule has 1 aliphatic rings. The molecule has 0 unspecified atom stereocenters. The molecule has 1 saturated heterocycles. The van der Waals surface area contributed by atoms with Gasteiger partial charge in [-0.2, -0.15) is 0 Å². The summed E-state index contributed by atoms with van der Waals surface area (Å²) in [4.78, 5) is 12.0. The van der Waals surface area contributed by atoms with Crippen LogP contribution in [-0.4, -0.2) is 25.2 Å². The highest BCUT2D eigenvalue weighted by atomic mass is 79.9. The molecule has 1 aromatic rings. The van der Waals surface area contributed by atoms with Gasteiger partial charge in [-0.25, -0.2) is 4.39 Å². The predicted octanol–water partition coefficient (Wildman–Crippen LogP) is 3.52. The average molecular weight is 344 g/mol. The van der Waals surface area contributed by atoms with E-state index >= 15 is 0 Å². The summed E-state index contributed by atoms with van der Waals surface area (Å²) in [7, 11) is 0. The Morgan fingerprint density at radius 2 is 2.35 bits per heavy atom. The minimum atomic E-state index is -0.406. The number of benzene rings is 1. The summed E-state index contributed by atoms with van der Waals surface area (Å²) >= 11 is 3.26. The van der Waals surface area contributed by atoms with Gasteiger partial charge in [-0.3, -0.25) is 4.79 Å². The lowest BCUT2D eigenvalue weighted by molar-refractivity contribution is 0.00109. The fourth-order valence-corrected chi connectivity index (χ4v) is 2.94. The van der Waals surface area contributed by atoms with Crippen molar-refractivity contribution in [2.75, 3.05) is 13.2 Å². The van der Waals surface area contributed by atoms with Crippen molar-refractivity contribution >= 4 is 21.8 Å². The maximum absolute atomic E-state index is 13.1. The molecule has 1 amide bonds. The summed E-state index contributed by atoms with van der Waals surface area (Å²) in [5, 5.41) is 2.85. The van der Waals surface area contributed by atoms with E-state index in [1.165, 1.54) is 12.1 Å². The second-order valence-electron chi connectivity index (χ2n) is 5.24. The van der Waals surface area contributed by atoms with E-state index in [2.05, 4.69) is 28.2 Å². The van der Waals surface area contributed by atoms with Gasteiger partial charge in [0.25, 0.3) is 5.91 Å². The minimum Gasteiger partial charge on any atom is -0.378 e. The van der Waals surface area contributed by atoms with Crippen LogP contribution in [-0.2, 0) is 4.74 Å². The van der Waals surface area contributed by atoms with Crippen molar-refractivity contribution in [3.8, 4) is 0 Å². The highest BCUT2D eigenvalue weighted by Crippen LogP contribution is 2.22. The number of nitrogens with one attached hydrogen (secondary N) is 1. The van der Waals surface area contributed by atoms with E-state index in [-0.39, 0.29) is 5.91 Å². The molecule has 0 aromatic heterocycles. The number of halogens is 2. The van der Waals surface area contributed by atoms with Crippen molar-refractivity contribution in [2.24, 2.45) is 5.92 Å².